The molecular weight excluding hydrogens is 328 g/mol. The average Bonchev–Trinajstić information content (AvgIpc) is 2.78. The molecule has 0 aliphatic carbocycles. The number of aliphatic imine (C=N–C) groups is 1. The lowest BCUT2D eigenvalue weighted by Crippen LogP contribution is -2.29. The predicted molar refractivity (Wildman–Crippen MR) is 90.4 cm³/mol. The summed E-state index contributed by atoms with van der Waals surface area (Å²) in [5.74, 6) is 0.231. The molecule has 1 atom stereocenters. The van der Waals surface area contributed by atoms with Crippen LogP contribution in [-0.4, -0.2) is 31.2 Å². The van der Waals surface area contributed by atoms with Crippen LogP contribution in [0.2, 0.25) is 0 Å². The quantitative estimate of drug-likeness (QED) is 0.880. The molecule has 0 spiro atoms. The van der Waals surface area contributed by atoms with Crippen molar-refractivity contribution in [1.29, 1.82) is 0 Å². The topological polar surface area (TPSA) is 101 Å². The normalized spacial score (nSPS) is 17.8. The Morgan fingerprint density at radius 1 is 1.29 bits per heavy atom. The number of anilines is 1. The second kappa shape index (κ2) is 6.04. The van der Waals surface area contributed by atoms with Gasteiger partial charge in [-0.05, 0) is 43.7 Å². The van der Waals surface area contributed by atoms with Crippen molar-refractivity contribution < 1.29 is 13.2 Å². The number of rotatable bonds is 3. The van der Waals surface area contributed by atoms with E-state index in [0.717, 1.165) is 5.56 Å². The molecule has 0 unspecified atom stereocenters. The van der Waals surface area contributed by atoms with Crippen molar-refractivity contribution in [3.63, 3.8) is 0 Å². The molecule has 0 bridgehead atoms. The summed E-state index contributed by atoms with van der Waals surface area (Å²) in [6, 6.07) is 9.30. The minimum absolute atomic E-state index is 0.164. The van der Waals surface area contributed by atoms with E-state index in [4.69, 9.17) is 0 Å². The monoisotopic (exact) mass is 344 g/mol. The van der Waals surface area contributed by atoms with E-state index >= 15 is 0 Å². The highest BCUT2D eigenvalue weighted by molar-refractivity contribution is 7.90. The molecule has 2 N–H and O–H groups in total. The average molecular weight is 344 g/mol. The van der Waals surface area contributed by atoms with Gasteiger partial charge in [-0.25, -0.2) is 13.4 Å². The van der Waals surface area contributed by atoms with E-state index in [1.165, 1.54) is 6.07 Å². The van der Waals surface area contributed by atoms with Gasteiger partial charge in [0, 0.05) is 11.8 Å². The van der Waals surface area contributed by atoms with E-state index in [0.29, 0.717) is 11.4 Å². The van der Waals surface area contributed by atoms with Crippen molar-refractivity contribution in [1.82, 2.24) is 9.71 Å². The molecule has 0 saturated heterocycles. The van der Waals surface area contributed by atoms with Gasteiger partial charge in [0.1, 0.15) is 17.7 Å². The standard InChI is InChI=1S/C16H16N4O3S/c1-10-7-8-17-14(9-10)19-16(21)11(2)18-15-12-5-3-4-6-13(12)24(22,23)20-15/h3-9,11H,1-2H3,(H,18,20)(H,17,19,21)/t11-/m0/s1. The van der Waals surface area contributed by atoms with E-state index in [2.05, 4.69) is 20.0 Å². The Balaban J connectivity index is 1.83. The Morgan fingerprint density at radius 2 is 2.04 bits per heavy atom. The number of nitrogens with zero attached hydrogens (tertiary/aromatic N) is 2. The van der Waals surface area contributed by atoms with E-state index in [-0.39, 0.29) is 16.6 Å². The fourth-order valence-corrected chi connectivity index (χ4v) is 3.56. The molecule has 2 heterocycles. The summed E-state index contributed by atoms with van der Waals surface area (Å²) in [4.78, 5) is 20.7. The number of amides is 1. The molecule has 1 aliphatic rings. The second-order valence-electron chi connectivity index (χ2n) is 5.46. The number of carbonyl (C=O) groups excluding carboxylic acids is 1. The zero-order chi connectivity index (χ0) is 17.3. The molecule has 2 aromatic rings. The number of nitrogens with one attached hydrogen (secondary N) is 2. The van der Waals surface area contributed by atoms with Gasteiger partial charge in [0.15, 0.2) is 0 Å². The molecule has 7 nitrogen and oxygen atoms in total. The third-order valence-electron chi connectivity index (χ3n) is 3.53. The maximum Gasteiger partial charge on any atom is 0.263 e. The Kier molecular flexibility index (Phi) is 4.06. The number of hydrogen-bond donors (Lipinski definition) is 2. The molecule has 1 aromatic heterocycles. The summed E-state index contributed by atoms with van der Waals surface area (Å²) in [6.07, 6.45) is 1.60. The number of carbonyl (C=O) groups is 1. The first kappa shape index (κ1) is 16.1. The number of sulfonamides is 1. The van der Waals surface area contributed by atoms with Gasteiger partial charge < -0.3 is 5.32 Å². The fraction of sp³-hybridized carbons (Fsp3) is 0.188. The van der Waals surface area contributed by atoms with Crippen LogP contribution in [0.25, 0.3) is 0 Å². The molecule has 124 valence electrons. The highest BCUT2D eigenvalue weighted by Crippen LogP contribution is 2.22. The summed E-state index contributed by atoms with van der Waals surface area (Å²) in [7, 11) is -3.62. The van der Waals surface area contributed by atoms with Gasteiger partial charge in [0.2, 0.25) is 5.91 Å². The van der Waals surface area contributed by atoms with E-state index in [1.54, 1.807) is 37.4 Å². The Hall–Kier alpha value is -2.74. The maximum atomic E-state index is 12.2. The number of fused-ring (bicyclic) bond motifs is 1. The molecule has 1 aromatic carbocycles. The Labute approximate surface area is 139 Å². The van der Waals surface area contributed by atoms with Gasteiger partial charge in [-0.3, -0.25) is 14.5 Å². The molecule has 3 rings (SSSR count). The lowest BCUT2D eigenvalue weighted by Gasteiger charge is -2.09. The molecule has 24 heavy (non-hydrogen) atoms. The number of amidine groups is 1. The Bertz CT molecular complexity index is 938. The number of benzene rings is 1. The van der Waals surface area contributed by atoms with Crippen LogP contribution in [0.15, 0.2) is 52.5 Å². The lowest BCUT2D eigenvalue weighted by atomic mass is 10.2. The fourth-order valence-electron chi connectivity index (χ4n) is 2.32. The van der Waals surface area contributed by atoms with Gasteiger partial charge in [-0.1, -0.05) is 12.1 Å². The van der Waals surface area contributed by atoms with Crippen LogP contribution >= 0.6 is 0 Å². The summed E-state index contributed by atoms with van der Waals surface area (Å²) in [6.45, 7) is 3.48. The number of hydrogen-bond acceptors (Lipinski definition) is 5. The van der Waals surface area contributed by atoms with Crippen molar-refractivity contribution in [3.8, 4) is 0 Å². The molecule has 0 saturated carbocycles. The van der Waals surface area contributed by atoms with E-state index < -0.39 is 16.1 Å². The summed E-state index contributed by atoms with van der Waals surface area (Å²) in [5, 5.41) is 2.67. The van der Waals surface area contributed by atoms with Crippen LogP contribution in [0.1, 0.15) is 18.1 Å². The van der Waals surface area contributed by atoms with Crippen LogP contribution in [-0.2, 0) is 14.8 Å². The van der Waals surface area contributed by atoms with Crippen LogP contribution in [0.3, 0.4) is 0 Å². The molecule has 8 heteroatoms. The van der Waals surface area contributed by atoms with Gasteiger partial charge in [0.05, 0.1) is 4.90 Å². The van der Waals surface area contributed by atoms with Crippen molar-refractivity contribution in [2.75, 3.05) is 5.32 Å². The summed E-state index contributed by atoms with van der Waals surface area (Å²) >= 11 is 0. The van der Waals surface area contributed by atoms with Crippen LogP contribution in [0.5, 0.6) is 0 Å². The predicted octanol–water partition coefficient (Wildman–Crippen LogP) is 1.46. The molecule has 1 amide bonds. The number of aryl methyl sites for hydroxylation is 1. The van der Waals surface area contributed by atoms with Crippen LogP contribution in [0.4, 0.5) is 5.82 Å². The molecular formula is C16H16N4O3S. The maximum absolute atomic E-state index is 12.2. The highest BCUT2D eigenvalue weighted by atomic mass is 32.2. The van der Waals surface area contributed by atoms with Crippen LogP contribution in [0, 0.1) is 6.92 Å². The van der Waals surface area contributed by atoms with Crippen LogP contribution < -0.4 is 10.0 Å². The van der Waals surface area contributed by atoms with Gasteiger partial charge in [-0.2, -0.15) is 0 Å². The van der Waals surface area contributed by atoms with Gasteiger partial charge >= 0.3 is 0 Å². The SMILES string of the molecule is Cc1ccnc(NC(=O)[C@H](C)N=C2NS(=O)(=O)c3ccccc32)c1. The minimum Gasteiger partial charge on any atom is -0.309 e. The molecule has 0 radical (unpaired) electrons. The number of pyridine rings is 1. The van der Waals surface area contributed by atoms with Crippen molar-refractivity contribution in [2.24, 2.45) is 4.99 Å². The minimum atomic E-state index is -3.62. The largest absolute Gasteiger partial charge is 0.309 e. The van der Waals surface area contributed by atoms with E-state index in [1.807, 2.05) is 13.0 Å². The third kappa shape index (κ3) is 3.13. The van der Waals surface area contributed by atoms with Crippen molar-refractivity contribution in [3.05, 3.63) is 53.7 Å². The first-order chi connectivity index (χ1) is 11.4. The van der Waals surface area contributed by atoms with Gasteiger partial charge in [0.25, 0.3) is 10.0 Å². The summed E-state index contributed by atoms with van der Waals surface area (Å²) in [5.41, 5.74) is 1.43. The molecule has 1 aliphatic heterocycles. The first-order valence-corrected chi connectivity index (χ1v) is 8.79. The zero-order valence-electron chi connectivity index (χ0n) is 13.1. The Morgan fingerprint density at radius 3 is 2.79 bits per heavy atom. The number of aromatic nitrogens is 1. The molecule has 0 fully saturated rings. The first-order valence-electron chi connectivity index (χ1n) is 7.30. The van der Waals surface area contributed by atoms with E-state index in [9.17, 15) is 13.2 Å². The third-order valence-corrected chi connectivity index (χ3v) is 4.93. The van der Waals surface area contributed by atoms with Crippen molar-refractivity contribution >= 4 is 27.6 Å². The van der Waals surface area contributed by atoms with Crippen molar-refractivity contribution in [2.45, 2.75) is 24.8 Å². The summed E-state index contributed by atoms with van der Waals surface area (Å²) < 4.78 is 26.5. The zero-order valence-corrected chi connectivity index (χ0v) is 14.0. The lowest BCUT2D eigenvalue weighted by molar-refractivity contribution is -0.117. The smallest absolute Gasteiger partial charge is 0.263 e. The van der Waals surface area contributed by atoms with Gasteiger partial charge in [-0.15, -0.1) is 0 Å². The second-order valence-corrected chi connectivity index (χ2v) is 7.11. The highest BCUT2D eigenvalue weighted by Gasteiger charge is 2.31.